The number of rotatable bonds is 10. The van der Waals surface area contributed by atoms with E-state index in [-0.39, 0.29) is 5.41 Å². The SMILES string of the molecule is CC1(C)c2ccccc2-c2cc(N(c3ccccc3)c3cccc([Si](c4ccccc4)(c4ccccc4)c4cccc(N(c5ccccc5)c5ccc6oc7ccccc7c6c5)c4)c3)ccc21. The van der Waals surface area contributed by atoms with Crippen LogP contribution in [0.1, 0.15) is 25.0 Å². The first-order valence-corrected chi connectivity index (χ1v) is 25.2. The number of anilines is 6. The third-order valence-electron chi connectivity index (χ3n) is 14.0. The predicted molar refractivity (Wildman–Crippen MR) is 284 cm³/mol. The second-order valence-electron chi connectivity index (χ2n) is 18.1. The smallest absolute Gasteiger partial charge is 0.179 e. The van der Waals surface area contributed by atoms with Crippen molar-refractivity contribution in [2.75, 3.05) is 9.80 Å². The predicted octanol–water partition coefficient (Wildman–Crippen LogP) is 14.2. The van der Waals surface area contributed by atoms with Crippen LogP contribution in [0.4, 0.5) is 34.1 Å². The van der Waals surface area contributed by atoms with Crippen molar-refractivity contribution < 1.29 is 4.42 Å². The van der Waals surface area contributed by atoms with E-state index in [9.17, 15) is 0 Å². The van der Waals surface area contributed by atoms with Gasteiger partial charge in [0, 0.05) is 50.3 Å². The molecule has 12 rings (SSSR count). The van der Waals surface area contributed by atoms with Gasteiger partial charge in [0.1, 0.15) is 11.2 Å². The van der Waals surface area contributed by atoms with E-state index in [1.54, 1.807) is 0 Å². The molecule has 4 heteroatoms. The van der Waals surface area contributed by atoms with Crippen LogP contribution < -0.4 is 30.5 Å². The molecule has 0 N–H and O–H groups in total. The lowest BCUT2D eigenvalue weighted by molar-refractivity contribution is 0.660. The molecule has 1 aliphatic rings. The molecule has 0 fully saturated rings. The van der Waals surface area contributed by atoms with Gasteiger partial charge < -0.3 is 14.2 Å². The Morgan fingerprint density at radius 3 is 1.36 bits per heavy atom. The van der Waals surface area contributed by atoms with Crippen molar-refractivity contribution in [3.63, 3.8) is 0 Å². The summed E-state index contributed by atoms with van der Waals surface area (Å²) < 4.78 is 6.32. The molecule has 0 unspecified atom stereocenters. The molecule has 67 heavy (non-hydrogen) atoms. The molecule has 0 saturated heterocycles. The summed E-state index contributed by atoms with van der Waals surface area (Å²) in [5.74, 6) is 0. The van der Waals surface area contributed by atoms with Gasteiger partial charge in [-0.1, -0.05) is 184 Å². The molecule has 1 aliphatic carbocycles. The molecule has 1 heterocycles. The van der Waals surface area contributed by atoms with Gasteiger partial charge in [-0.25, -0.2) is 0 Å². The van der Waals surface area contributed by atoms with Crippen LogP contribution in [0.25, 0.3) is 33.1 Å². The summed E-state index contributed by atoms with van der Waals surface area (Å²) in [5.41, 5.74) is 13.6. The Morgan fingerprint density at radius 1 is 0.313 bits per heavy atom. The van der Waals surface area contributed by atoms with Gasteiger partial charge in [-0.05, 0) is 128 Å². The van der Waals surface area contributed by atoms with Crippen molar-refractivity contribution in [3.05, 3.63) is 266 Å². The van der Waals surface area contributed by atoms with E-state index >= 15 is 0 Å². The lowest BCUT2D eigenvalue weighted by Crippen LogP contribution is -2.74. The van der Waals surface area contributed by atoms with Crippen molar-refractivity contribution in [1.29, 1.82) is 0 Å². The highest BCUT2D eigenvalue weighted by molar-refractivity contribution is 7.20. The van der Waals surface area contributed by atoms with Gasteiger partial charge in [0.05, 0.1) is 0 Å². The van der Waals surface area contributed by atoms with Gasteiger partial charge in [-0.15, -0.1) is 0 Å². The molecule has 0 bridgehead atoms. The maximum atomic E-state index is 6.32. The summed E-state index contributed by atoms with van der Waals surface area (Å²) in [4.78, 5) is 4.83. The first kappa shape index (κ1) is 40.3. The Hall–Kier alpha value is -8.18. The van der Waals surface area contributed by atoms with Gasteiger partial charge >= 0.3 is 0 Å². The van der Waals surface area contributed by atoms with Gasteiger partial charge in [0.2, 0.25) is 0 Å². The summed E-state index contributed by atoms with van der Waals surface area (Å²) in [6.45, 7) is 4.70. The standard InChI is InChI=1S/C63H48N2OSi/c1-63(2)59-35-17-15-33-55(59)57-43-49(37-39-60(57)63)64(45-21-7-3-8-22-45)47-25-19-31-53(41-47)67(51-27-11-5-12-28-51,52-29-13-6-14-30-52)54-32-20-26-48(42-54)65(46-23-9-4-10-24-46)50-38-40-62-58(44-50)56-34-16-18-36-61(56)66-62/h3-44H,1-2H3. The molecule has 0 radical (unpaired) electrons. The van der Waals surface area contributed by atoms with Crippen LogP contribution in [0.5, 0.6) is 0 Å². The summed E-state index contributed by atoms with van der Waals surface area (Å²) in [6, 6.07) is 93.6. The second kappa shape index (κ2) is 16.4. The number of hydrogen-bond acceptors (Lipinski definition) is 3. The largest absolute Gasteiger partial charge is 0.456 e. The Balaban J connectivity index is 1.08. The van der Waals surface area contributed by atoms with E-state index in [2.05, 4.69) is 266 Å². The highest BCUT2D eigenvalue weighted by Gasteiger charge is 2.42. The lowest BCUT2D eigenvalue weighted by Gasteiger charge is -2.36. The maximum absolute atomic E-state index is 6.32. The molecule has 11 aromatic rings. The minimum atomic E-state index is -3.08. The van der Waals surface area contributed by atoms with Crippen LogP contribution in [-0.4, -0.2) is 8.07 Å². The minimum Gasteiger partial charge on any atom is -0.456 e. The molecule has 1 aromatic heterocycles. The first-order valence-electron chi connectivity index (χ1n) is 23.2. The van der Waals surface area contributed by atoms with Crippen LogP contribution in [0.15, 0.2) is 259 Å². The molecule has 10 aromatic carbocycles. The number of furan rings is 1. The molecule has 0 atom stereocenters. The summed E-state index contributed by atoms with van der Waals surface area (Å²) >= 11 is 0. The van der Waals surface area contributed by atoms with Gasteiger partial charge in [0.15, 0.2) is 8.07 Å². The Labute approximate surface area is 393 Å². The molecule has 0 spiro atoms. The van der Waals surface area contributed by atoms with E-state index in [1.165, 1.54) is 43.0 Å². The fraction of sp³-hybridized carbons (Fsp3) is 0.0476. The van der Waals surface area contributed by atoms with E-state index in [1.807, 2.05) is 12.1 Å². The molecule has 3 nitrogen and oxygen atoms in total. The average Bonchev–Trinajstić information content (AvgIpc) is 3.87. The van der Waals surface area contributed by atoms with Gasteiger partial charge in [0.25, 0.3) is 0 Å². The van der Waals surface area contributed by atoms with Crippen LogP contribution >= 0.6 is 0 Å². The van der Waals surface area contributed by atoms with E-state index in [0.717, 1.165) is 56.1 Å². The second-order valence-corrected chi connectivity index (χ2v) is 21.9. The van der Waals surface area contributed by atoms with E-state index < -0.39 is 8.07 Å². The van der Waals surface area contributed by atoms with Crippen molar-refractivity contribution >= 4 is 84.9 Å². The third-order valence-corrected chi connectivity index (χ3v) is 18.7. The first-order chi connectivity index (χ1) is 33.0. The minimum absolute atomic E-state index is 0.0798. The number of para-hydroxylation sites is 3. The van der Waals surface area contributed by atoms with Crippen molar-refractivity contribution in [2.45, 2.75) is 19.3 Å². The van der Waals surface area contributed by atoms with Gasteiger partial charge in [-0.2, -0.15) is 0 Å². The molecule has 0 amide bonds. The summed E-state index contributed by atoms with van der Waals surface area (Å²) in [6.07, 6.45) is 0. The zero-order chi connectivity index (χ0) is 45.0. The zero-order valence-electron chi connectivity index (χ0n) is 37.6. The molecule has 320 valence electrons. The maximum Gasteiger partial charge on any atom is 0.179 e. The Kier molecular flexibility index (Phi) is 9.85. The zero-order valence-corrected chi connectivity index (χ0v) is 38.6. The highest BCUT2D eigenvalue weighted by atomic mass is 28.3. The topological polar surface area (TPSA) is 19.6 Å². The quantitative estimate of drug-likeness (QED) is 0.101. The van der Waals surface area contributed by atoms with Crippen molar-refractivity contribution in [3.8, 4) is 11.1 Å². The number of fused-ring (bicyclic) bond motifs is 6. The average molecular weight is 877 g/mol. The fourth-order valence-corrected chi connectivity index (χ4v) is 15.7. The van der Waals surface area contributed by atoms with Gasteiger partial charge in [-0.3, -0.25) is 0 Å². The summed E-state index contributed by atoms with van der Waals surface area (Å²) in [7, 11) is -3.08. The highest BCUT2D eigenvalue weighted by Crippen LogP contribution is 2.50. The normalized spacial score (nSPS) is 12.7. The monoisotopic (exact) mass is 876 g/mol. The van der Waals surface area contributed by atoms with Crippen molar-refractivity contribution in [1.82, 2.24) is 0 Å². The number of nitrogens with zero attached hydrogens (tertiary/aromatic N) is 2. The lowest BCUT2D eigenvalue weighted by atomic mass is 9.82. The van der Waals surface area contributed by atoms with E-state index in [4.69, 9.17) is 4.42 Å². The molecule has 0 saturated carbocycles. The van der Waals surface area contributed by atoms with Crippen LogP contribution in [0.3, 0.4) is 0 Å². The molecular formula is C63H48N2OSi. The summed E-state index contributed by atoms with van der Waals surface area (Å²) in [5, 5.41) is 7.42. The van der Waals surface area contributed by atoms with Crippen molar-refractivity contribution in [2.24, 2.45) is 0 Å². The third kappa shape index (κ3) is 6.71. The van der Waals surface area contributed by atoms with Crippen LogP contribution in [0.2, 0.25) is 0 Å². The van der Waals surface area contributed by atoms with E-state index in [0.29, 0.717) is 0 Å². The van der Waals surface area contributed by atoms with Crippen LogP contribution in [-0.2, 0) is 5.41 Å². The van der Waals surface area contributed by atoms with Crippen LogP contribution in [0, 0.1) is 0 Å². The molecular weight excluding hydrogens is 829 g/mol. The fourth-order valence-electron chi connectivity index (χ4n) is 10.9. The Morgan fingerprint density at radius 2 is 0.746 bits per heavy atom. The Bertz CT molecular complexity index is 3530. The number of hydrogen-bond donors (Lipinski definition) is 0. The molecule has 0 aliphatic heterocycles. The number of benzene rings is 10.